The van der Waals surface area contributed by atoms with E-state index in [-0.39, 0.29) is 0 Å². The molecule has 0 saturated carbocycles. The molecule has 2 atom stereocenters. The van der Waals surface area contributed by atoms with Crippen molar-refractivity contribution in [1.29, 1.82) is 0 Å². The molecular formula is C37H76. The molecule has 0 nitrogen and oxygen atoms in total. The molecule has 0 amide bonds. The van der Waals surface area contributed by atoms with Gasteiger partial charge < -0.3 is 0 Å². The molecule has 0 aliphatic heterocycles. The van der Waals surface area contributed by atoms with E-state index < -0.39 is 0 Å². The zero-order valence-corrected chi connectivity index (χ0v) is 27.1. The number of rotatable bonds is 32. The Hall–Kier alpha value is 0. The Morgan fingerprint density at radius 3 is 0.595 bits per heavy atom. The predicted octanol–water partition coefficient (Wildman–Crippen LogP) is 14.4. The Kier molecular flexibility index (Phi) is 32.2. The first kappa shape index (κ1) is 37.0. The van der Waals surface area contributed by atoms with E-state index in [2.05, 4.69) is 27.7 Å². The largest absolute Gasteiger partial charge is 0.0654 e. The zero-order valence-electron chi connectivity index (χ0n) is 27.1. The molecule has 0 saturated heterocycles. The van der Waals surface area contributed by atoms with Crippen LogP contribution in [0.5, 0.6) is 0 Å². The first-order chi connectivity index (χ1) is 18.2. The van der Waals surface area contributed by atoms with Crippen molar-refractivity contribution in [2.24, 2.45) is 11.8 Å². The summed E-state index contributed by atoms with van der Waals surface area (Å²) in [7, 11) is 0. The van der Waals surface area contributed by atoms with Crippen LogP contribution in [0.1, 0.15) is 227 Å². The third-order valence-electron chi connectivity index (χ3n) is 8.99. The summed E-state index contributed by atoms with van der Waals surface area (Å²) in [6, 6.07) is 0. The lowest BCUT2D eigenvalue weighted by Crippen LogP contribution is -1.96. The Bertz CT molecular complexity index is 385. The van der Waals surface area contributed by atoms with Crippen molar-refractivity contribution in [3.63, 3.8) is 0 Å². The number of unbranched alkanes of at least 4 members (excludes halogenated alkanes) is 24. The summed E-state index contributed by atoms with van der Waals surface area (Å²) < 4.78 is 0. The van der Waals surface area contributed by atoms with Crippen molar-refractivity contribution >= 4 is 0 Å². The molecule has 0 aromatic carbocycles. The Labute approximate surface area is 238 Å². The lowest BCUT2D eigenvalue weighted by Gasteiger charge is -2.12. The van der Waals surface area contributed by atoms with Crippen LogP contribution >= 0.6 is 0 Å². The second-order valence-electron chi connectivity index (χ2n) is 13.2. The summed E-state index contributed by atoms with van der Waals surface area (Å²) in [5.74, 6) is 1.93. The van der Waals surface area contributed by atoms with Crippen LogP contribution < -0.4 is 0 Å². The van der Waals surface area contributed by atoms with Gasteiger partial charge in [-0.3, -0.25) is 0 Å². The van der Waals surface area contributed by atoms with Gasteiger partial charge in [0.15, 0.2) is 0 Å². The van der Waals surface area contributed by atoms with Crippen molar-refractivity contribution in [2.75, 3.05) is 0 Å². The molecule has 0 spiro atoms. The van der Waals surface area contributed by atoms with E-state index >= 15 is 0 Å². The van der Waals surface area contributed by atoms with Gasteiger partial charge in [0.25, 0.3) is 0 Å². The number of hydrogen-bond acceptors (Lipinski definition) is 0. The second-order valence-corrected chi connectivity index (χ2v) is 13.2. The molecule has 0 aliphatic rings. The monoisotopic (exact) mass is 521 g/mol. The highest BCUT2D eigenvalue weighted by Gasteiger charge is 2.04. The van der Waals surface area contributed by atoms with Gasteiger partial charge in [0.2, 0.25) is 0 Å². The second kappa shape index (κ2) is 32.2. The quantitative estimate of drug-likeness (QED) is 0.0773. The molecule has 2 unspecified atom stereocenters. The summed E-state index contributed by atoms with van der Waals surface area (Å²) >= 11 is 0. The molecule has 0 aromatic heterocycles. The van der Waals surface area contributed by atoms with E-state index in [0.717, 1.165) is 11.8 Å². The molecule has 0 bridgehead atoms. The molecule has 0 aromatic rings. The van der Waals surface area contributed by atoms with Gasteiger partial charge in [0.05, 0.1) is 0 Å². The van der Waals surface area contributed by atoms with Gasteiger partial charge in [-0.2, -0.15) is 0 Å². The lowest BCUT2D eigenvalue weighted by molar-refractivity contribution is 0.422. The Balaban J connectivity index is 3.21. The zero-order chi connectivity index (χ0) is 27.1. The molecule has 224 valence electrons. The minimum atomic E-state index is 0.963. The summed E-state index contributed by atoms with van der Waals surface area (Å²) in [6.45, 7) is 9.62. The lowest BCUT2D eigenvalue weighted by atomic mass is 9.95. The number of hydrogen-bond donors (Lipinski definition) is 0. The van der Waals surface area contributed by atoms with E-state index in [1.54, 1.807) is 0 Å². The highest BCUT2D eigenvalue weighted by Crippen LogP contribution is 2.21. The molecule has 0 radical (unpaired) electrons. The van der Waals surface area contributed by atoms with Crippen LogP contribution in [0.25, 0.3) is 0 Å². The maximum atomic E-state index is 2.51. The van der Waals surface area contributed by atoms with Crippen molar-refractivity contribution in [3.8, 4) is 0 Å². The topological polar surface area (TPSA) is 0 Å². The Morgan fingerprint density at radius 2 is 0.405 bits per heavy atom. The van der Waals surface area contributed by atoms with E-state index in [1.165, 1.54) is 199 Å². The van der Waals surface area contributed by atoms with Crippen LogP contribution in [-0.2, 0) is 0 Å². The van der Waals surface area contributed by atoms with Gasteiger partial charge in [-0.25, -0.2) is 0 Å². The molecule has 0 aliphatic carbocycles. The van der Waals surface area contributed by atoms with Gasteiger partial charge >= 0.3 is 0 Å². The maximum absolute atomic E-state index is 2.51. The normalized spacial score (nSPS) is 13.3. The average molecular weight is 521 g/mol. The molecule has 0 N–H and O–H groups in total. The van der Waals surface area contributed by atoms with E-state index in [0.29, 0.717) is 0 Å². The van der Waals surface area contributed by atoms with Gasteiger partial charge in [-0.1, -0.05) is 227 Å². The van der Waals surface area contributed by atoms with Crippen molar-refractivity contribution in [1.82, 2.24) is 0 Å². The fraction of sp³-hybridized carbons (Fsp3) is 1.00. The smallest absolute Gasteiger partial charge is 0.0443 e. The first-order valence-electron chi connectivity index (χ1n) is 18.2. The Morgan fingerprint density at radius 1 is 0.243 bits per heavy atom. The molecule has 37 heavy (non-hydrogen) atoms. The van der Waals surface area contributed by atoms with E-state index in [9.17, 15) is 0 Å². The highest BCUT2D eigenvalue weighted by atomic mass is 14.1. The summed E-state index contributed by atoms with van der Waals surface area (Å²) in [4.78, 5) is 0. The van der Waals surface area contributed by atoms with Crippen LogP contribution in [0.2, 0.25) is 0 Å². The molecule has 0 heteroatoms. The van der Waals surface area contributed by atoms with Crippen molar-refractivity contribution in [3.05, 3.63) is 0 Å². The minimum Gasteiger partial charge on any atom is -0.0654 e. The van der Waals surface area contributed by atoms with Gasteiger partial charge in [0.1, 0.15) is 0 Å². The van der Waals surface area contributed by atoms with Crippen molar-refractivity contribution in [2.45, 2.75) is 227 Å². The van der Waals surface area contributed by atoms with Crippen LogP contribution in [0, 0.1) is 11.8 Å². The van der Waals surface area contributed by atoms with Gasteiger partial charge in [-0.15, -0.1) is 0 Å². The molecular weight excluding hydrogens is 444 g/mol. The SMILES string of the molecule is CCCCCCCCCCCCCCCCC(C)CCCCCCCCCC(C)CCCCCCCC. The predicted molar refractivity (Wildman–Crippen MR) is 173 cm³/mol. The maximum Gasteiger partial charge on any atom is -0.0443 e. The third kappa shape index (κ3) is 32.1. The fourth-order valence-corrected chi connectivity index (χ4v) is 6.12. The summed E-state index contributed by atoms with van der Waals surface area (Å²) in [5.41, 5.74) is 0. The van der Waals surface area contributed by atoms with Crippen LogP contribution in [-0.4, -0.2) is 0 Å². The standard InChI is InChI=1S/C37H76/c1-5-7-9-11-13-14-15-16-17-18-19-21-25-29-33-37(4)35-31-27-23-20-22-26-30-34-36(3)32-28-24-12-10-8-6-2/h36-37H,5-35H2,1-4H3. The first-order valence-corrected chi connectivity index (χ1v) is 18.2. The van der Waals surface area contributed by atoms with Crippen LogP contribution in [0.15, 0.2) is 0 Å². The third-order valence-corrected chi connectivity index (χ3v) is 8.99. The molecule has 0 rings (SSSR count). The van der Waals surface area contributed by atoms with E-state index in [4.69, 9.17) is 0 Å². The molecule has 0 fully saturated rings. The minimum absolute atomic E-state index is 0.963. The fourth-order valence-electron chi connectivity index (χ4n) is 6.12. The van der Waals surface area contributed by atoms with Gasteiger partial charge in [0, 0.05) is 0 Å². The van der Waals surface area contributed by atoms with Crippen molar-refractivity contribution < 1.29 is 0 Å². The van der Waals surface area contributed by atoms with Gasteiger partial charge in [-0.05, 0) is 11.8 Å². The van der Waals surface area contributed by atoms with Crippen LogP contribution in [0.4, 0.5) is 0 Å². The highest BCUT2D eigenvalue weighted by molar-refractivity contribution is 4.58. The molecule has 0 heterocycles. The summed E-state index contributed by atoms with van der Waals surface area (Å²) in [6.07, 6.45) is 45.6. The van der Waals surface area contributed by atoms with E-state index in [1.807, 2.05) is 0 Å². The average Bonchev–Trinajstić information content (AvgIpc) is 2.89. The summed E-state index contributed by atoms with van der Waals surface area (Å²) in [5, 5.41) is 0. The van der Waals surface area contributed by atoms with Crippen LogP contribution in [0.3, 0.4) is 0 Å².